The number of hydrogen-bond donors (Lipinski definition) is 1. The Kier molecular flexibility index (Phi) is 5.92. The maximum absolute atomic E-state index is 13.3. The summed E-state index contributed by atoms with van der Waals surface area (Å²) in [6.07, 6.45) is 3.19. The zero-order chi connectivity index (χ0) is 19.4. The van der Waals surface area contributed by atoms with E-state index in [2.05, 4.69) is 5.32 Å². The molecule has 1 aromatic carbocycles. The van der Waals surface area contributed by atoms with Crippen LogP contribution in [0.3, 0.4) is 0 Å². The Morgan fingerprint density at radius 1 is 1.22 bits per heavy atom. The highest BCUT2D eigenvalue weighted by Crippen LogP contribution is 2.36. The Morgan fingerprint density at radius 3 is 2.70 bits per heavy atom. The van der Waals surface area contributed by atoms with Crippen LogP contribution in [0.15, 0.2) is 18.2 Å². The lowest BCUT2D eigenvalue weighted by atomic mass is 9.82. The smallest absolute Gasteiger partial charge is 0.232 e. The summed E-state index contributed by atoms with van der Waals surface area (Å²) in [7, 11) is 0. The molecule has 0 spiro atoms. The molecule has 0 aromatic heterocycles. The van der Waals surface area contributed by atoms with Crippen LogP contribution in [0.25, 0.3) is 0 Å². The van der Waals surface area contributed by atoms with Gasteiger partial charge in [-0.3, -0.25) is 9.59 Å². The highest BCUT2D eigenvalue weighted by Gasteiger charge is 2.36. The van der Waals surface area contributed by atoms with E-state index in [1.54, 1.807) is 0 Å². The van der Waals surface area contributed by atoms with Crippen LogP contribution >= 0.6 is 0 Å². The monoisotopic (exact) mass is 374 g/mol. The van der Waals surface area contributed by atoms with Crippen molar-refractivity contribution >= 4 is 11.8 Å². The van der Waals surface area contributed by atoms with Gasteiger partial charge < -0.3 is 19.7 Å². The van der Waals surface area contributed by atoms with Crippen molar-refractivity contribution in [3.63, 3.8) is 0 Å². The minimum Gasteiger partial charge on any atom is -0.486 e. The van der Waals surface area contributed by atoms with E-state index in [9.17, 15) is 9.59 Å². The van der Waals surface area contributed by atoms with Crippen molar-refractivity contribution in [1.29, 1.82) is 0 Å². The van der Waals surface area contributed by atoms with E-state index < -0.39 is 5.41 Å². The van der Waals surface area contributed by atoms with E-state index in [0.717, 1.165) is 37.1 Å². The van der Waals surface area contributed by atoms with Gasteiger partial charge in [0.15, 0.2) is 11.5 Å². The predicted molar refractivity (Wildman–Crippen MR) is 103 cm³/mol. The molecule has 1 aromatic rings. The second-order valence-corrected chi connectivity index (χ2v) is 7.89. The van der Waals surface area contributed by atoms with Crippen molar-refractivity contribution in [1.82, 2.24) is 10.2 Å². The number of amides is 2. The minimum absolute atomic E-state index is 0.0396. The summed E-state index contributed by atoms with van der Waals surface area (Å²) < 4.78 is 11.2. The molecule has 2 heterocycles. The van der Waals surface area contributed by atoms with Crippen LogP contribution < -0.4 is 14.8 Å². The number of rotatable bonds is 5. The molecule has 6 heteroatoms. The molecule has 2 aliphatic rings. The van der Waals surface area contributed by atoms with Crippen molar-refractivity contribution < 1.29 is 19.1 Å². The van der Waals surface area contributed by atoms with Crippen LogP contribution in [0.2, 0.25) is 0 Å². The average Bonchev–Trinajstić information content (AvgIpc) is 2.67. The third-order valence-electron chi connectivity index (χ3n) is 5.35. The maximum atomic E-state index is 13.3. The van der Waals surface area contributed by atoms with Gasteiger partial charge in [-0.2, -0.15) is 0 Å². The SMILES string of the molecule is CCCC(=O)N[C@H]1CCCN(C(=O)C(C)(C)c2ccc3c(c2)OCCO3)C1. The first-order valence-corrected chi connectivity index (χ1v) is 9.90. The molecule has 1 saturated heterocycles. The van der Waals surface area contributed by atoms with Crippen LogP contribution in [0.4, 0.5) is 0 Å². The summed E-state index contributed by atoms with van der Waals surface area (Å²) in [4.78, 5) is 27.1. The molecule has 27 heavy (non-hydrogen) atoms. The third kappa shape index (κ3) is 4.37. The van der Waals surface area contributed by atoms with E-state index >= 15 is 0 Å². The molecular weight excluding hydrogens is 344 g/mol. The summed E-state index contributed by atoms with van der Waals surface area (Å²) in [5, 5.41) is 3.07. The van der Waals surface area contributed by atoms with Crippen molar-refractivity contribution in [2.45, 2.75) is 57.9 Å². The number of carbonyl (C=O) groups is 2. The molecule has 1 N–H and O–H groups in total. The van der Waals surface area contributed by atoms with Gasteiger partial charge in [-0.25, -0.2) is 0 Å². The summed E-state index contributed by atoms with van der Waals surface area (Å²) >= 11 is 0. The molecule has 2 aliphatic heterocycles. The van der Waals surface area contributed by atoms with E-state index in [4.69, 9.17) is 9.47 Å². The Balaban J connectivity index is 1.70. The average molecular weight is 374 g/mol. The fourth-order valence-corrected chi connectivity index (χ4v) is 3.76. The second kappa shape index (κ2) is 8.19. The van der Waals surface area contributed by atoms with Crippen LogP contribution in [-0.2, 0) is 15.0 Å². The number of fused-ring (bicyclic) bond motifs is 1. The van der Waals surface area contributed by atoms with Gasteiger partial charge in [-0.05, 0) is 50.8 Å². The number of nitrogens with zero attached hydrogens (tertiary/aromatic N) is 1. The number of benzene rings is 1. The lowest BCUT2D eigenvalue weighted by molar-refractivity contribution is -0.138. The first-order chi connectivity index (χ1) is 12.9. The highest BCUT2D eigenvalue weighted by atomic mass is 16.6. The first-order valence-electron chi connectivity index (χ1n) is 9.90. The lowest BCUT2D eigenvalue weighted by Gasteiger charge is -2.38. The van der Waals surface area contributed by atoms with Crippen LogP contribution in [-0.4, -0.2) is 49.1 Å². The molecule has 148 valence electrons. The van der Waals surface area contributed by atoms with Crippen molar-refractivity contribution in [2.24, 2.45) is 0 Å². The molecular formula is C21H30N2O4. The molecule has 3 rings (SSSR count). The Bertz CT molecular complexity index is 701. The number of ether oxygens (including phenoxy) is 2. The van der Waals surface area contributed by atoms with Gasteiger partial charge in [0.1, 0.15) is 13.2 Å². The Morgan fingerprint density at radius 2 is 1.96 bits per heavy atom. The molecule has 0 saturated carbocycles. The molecule has 1 atom stereocenters. The number of likely N-dealkylation sites (tertiary alicyclic amines) is 1. The summed E-state index contributed by atoms with van der Waals surface area (Å²) in [6.45, 7) is 8.26. The molecule has 0 bridgehead atoms. The summed E-state index contributed by atoms with van der Waals surface area (Å²) in [5.74, 6) is 1.57. The van der Waals surface area contributed by atoms with Crippen molar-refractivity contribution in [3.05, 3.63) is 23.8 Å². The number of piperidine rings is 1. The van der Waals surface area contributed by atoms with Gasteiger partial charge in [0.05, 0.1) is 5.41 Å². The van der Waals surface area contributed by atoms with Crippen molar-refractivity contribution in [2.75, 3.05) is 26.3 Å². The van der Waals surface area contributed by atoms with E-state index in [0.29, 0.717) is 31.9 Å². The van der Waals surface area contributed by atoms with Crippen molar-refractivity contribution in [3.8, 4) is 11.5 Å². The largest absolute Gasteiger partial charge is 0.486 e. The second-order valence-electron chi connectivity index (χ2n) is 7.89. The number of nitrogens with one attached hydrogen (secondary N) is 1. The van der Waals surface area contributed by atoms with Gasteiger partial charge in [0.2, 0.25) is 11.8 Å². The molecule has 2 amide bonds. The quantitative estimate of drug-likeness (QED) is 0.860. The van der Waals surface area contributed by atoms with Gasteiger partial charge >= 0.3 is 0 Å². The van der Waals surface area contributed by atoms with Crippen LogP contribution in [0.1, 0.15) is 52.0 Å². The fourth-order valence-electron chi connectivity index (χ4n) is 3.76. The zero-order valence-corrected chi connectivity index (χ0v) is 16.5. The zero-order valence-electron chi connectivity index (χ0n) is 16.5. The normalized spacial score (nSPS) is 19.5. The lowest BCUT2D eigenvalue weighted by Crippen LogP contribution is -2.53. The number of hydrogen-bond acceptors (Lipinski definition) is 4. The van der Waals surface area contributed by atoms with E-state index in [1.807, 2.05) is 43.9 Å². The number of carbonyl (C=O) groups excluding carboxylic acids is 2. The molecule has 1 fully saturated rings. The van der Waals surface area contributed by atoms with Crippen LogP contribution in [0.5, 0.6) is 11.5 Å². The highest BCUT2D eigenvalue weighted by molar-refractivity contribution is 5.88. The van der Waals surface area contributed by atoms with Gasteiger partial charge in [-0.1, -0.05) is 13.0 Å². The minimum atomic E-state index is -0.675. The van der Waals surface area contributed by atoms with Crippen LogP contribution in [0, 0.1) is 0 Å². The Hall–Kier alpha value is -2.24. The maximum Gasteiger partial charge on any atom is 0.232 e. The van der Waals surface area contributed by atoms with Gasteiger partial charge in [0.25, 0.3) is 0 Å². The predicted octanol–water partition coefficient (Wildman–Crippen LogP) is 2.64. The standard InChI is InChI=1S/C21H30N2O4/c1-4-6-19(24)22-16-7-5-10-23(14-16)20(25)21(2,3)15-8-9-17-18(13-15)27-12-11-26-17/h8-9,13,16H,4-7,10-12,14H2,1-3H3,(H,22,24)/t16-/m0/s1. The van der Waals surface area contributed by atoms with E-state index in [1.165, 1.54) is 0 Å². The molecule has 0 aliphatic carbocycles. The van der Waals surface area contributed by atoms with Gasteiger partial charge in [0, 0.05) is 25.6 Å². The molecule has 0 unspecified atom stereocenters. The topological polar surface area (TPSA) is 67.9 Å². The fraction of sp³-hybridized carbons (Fsp3) is 0.619. The third-order valence-corrected chi connectivity index (χ3v) is 5.35. The van der Waals surface area contributed by atoms with Gasteiger partial charge in [-0.15, -0.1) is 0 Å². The summed E-state index contributed by atoms with van der Waals surface area (Å²) in [5.41, 5.74) is 0.236. The Labute approximate surface area is 161 Å². The van der Waals surface area contributed by atoms with E-state index in [-0.39, 0.29) is 17.9 Å². The summed E-state index contributed by atoms with van der Waals surface area (Å²) in [6, 6.07) is 5.77. The molecule has 6 nitrogen and oxygen atoms in total. The molecule has 0 radical (unpaired) electrons. The first kappa shape index (κ1) is 19.5.